The number of benzene rings is 2. The SMILES string of the molecule is O=C(N[C@H]1CCC[C@H]1C(=O)NC1(C(=O)O)CC1)OCC1c2ccccc2-c2ccccc21. The molecule has 2 amide bonds. The van der Waals surface area contributed by atoms with Crippen molar-refractivity contribution in [3.05, 3.63) is 59.7 Å². The van der Waals surface area contributed by atoms with Gasteiger partial charge in [0.15, 0.2) is 0 Å². The molecule has 2 aromatic rings. The lowest BCUT2D eigenvalue weighted by Gasteiger charge is -2.23. The summed E-state index contributed by atoms with van der Waals surface area (Å²) in [6.07, 6.45) is 2.44. The molecular weight excluding hydrogens is 408 g/mol. The van der Waals surface area contributed by atoms with Crippen molar-refractivity contribution in [3.8, 4) is 11.1 Å². The van der Waals surface area contributed by atoms with Crippen LogP contribution in [0.25, 0.3) is 11.1 Å². The van der Waals surface area contributed by atoms with Crippen molar-refractivity contribution < 1.29 is 24.2 Å². The lowest BCUT2D eigenvalue weighted by atomic mass is 9.98. The van der Waals surface area contributed by atoms with Gasteiger partial charge in [-0.05, 0) is 47.9 Å². The van der Waals surface area contributed by atoms with Gasteiger partial charge in [-0.2, -0.15) is 0 Å². The van der Waals surface area contributed by atoms with E-state index in [1.807, 2.05) is 24.3 Å². The Morgan fingerprint density at radius 1 is 0.969 bits per heavy atom. The van der Waals surface area contributed by atoms with Gasteiger partial charge in [-0.15, -0.1) is 0 Å². The normalized spacial score (nSPS) is 22.5. The molecule has 0 aromatic heterocycles. The average molecular weight is 434 g/mol. The number of fused-ring (bicyclic) bond motifs is 3. The van der Waals surface area contributed by atoms with Gasteiger partial charge in [-0.1, -0.05) is 55.0 Å². The number of carbonyl (C=O) groups is 3. The number of nitrogens with one attached hydrogen (secondary N) is 2. The number of carboxylic acids is 1. The van der Waals surface area contributed by atoms with Crippen LogP contribution in [0.15, 0.2) is 48.5 Å². The monoisotopic (exact) mass is 434 g/mol. The molecular formula is C25H26N2O5. The van der Waals surface area contributed by atoms with E-state index in [2.05, 4.69) is 34.9 Å². The fraction of sp³-hybridized carbons (Fsp3) is 0.400. The predicted molar refractivity (Wildman–Crippen MR) is 117 cm³/mol. The van der Waals surface area contributed by atoms with Crippen molar-refractivity contribution in [2.24, 2.45) is 5.92 Å². The first-order valence-electron chi connectivity index (χ1n) is 11.2. The van der Waals surface area contributed by atoms with E-state index in [1.54, 1.807) is 0 Å². The van der Waals surface area contributed by atoms with Gasteiger partial charge in [0.2, 0.25) is 5.91 Å². The highest BCUT2D eigenvalue weighted by Crippen LogP contribution is 2.44. The first kappa shape index (κ1) is 20.5. The third-order valence-electron chi connectivity index (χ3n) is 7.02. The van der Waals surface area contributed by atoms with Crippen LogP contribution in [-0.2, 0) is 14.3 Å². The number of aliphatic carboxylic acids is 1. The number of ether oxygens (including phenoxy) is 1. The second-order valence-electron chi connectivity index (χ2n) is 8.99. The van der Waals surface area contributed by atoms with Crippen LogP contribution in [0.3, 0.4) is 0 Å². The Balaban J connectivity index is 1.21. The zero-order chi connectivity index (χ0) is 22.3. The van der Waals surface area contributed by atoms with Crippen LogP contribution < -0.4 is 10.6 Å². The van der Waals surface area contributed by atoms with Gasteiger partial charge in [-0.25, -0.2) is 9.59 Å². The lowest BCUT2D eigenvalue weighted by molar-refractivity contribution is -0.143. The van der Waals surface area contributed by atoms with E-state index in [-0.39, 0.29) is 24.5 Å². The summed E-state index contributed by atoms with van der Waals surface area (Å²) in [6, 6.07) is 15.9. The maximum absolute atomic E-state index is 12.7. The molecule has 3 aliphatic rings. The van der Waals surface area contributed by atoms with Crippen LogP contribution >= 0.6 is 0 Å². The summed E-state index contributed by atoms with van der Waals surface area (Å²) >= 11 is 0. The summed E-state index contributed by atoms with van der Waals surface area (Å²) in [4.78, 5) is 36.6. The smallest absolute Gasteiger partial charge is 0.407 e. The molecule has 0 saturated heterocycles. The molecule has 2 fully saturated rings. The first-order valence-corrected chi connectivity index (χ1v) is 11.2. The van der Waals surface area contributed by atoms with E-state index in [0.717, 1.165) is 28.7 Å². The topological polar surface area (TPSA) is 105 Å². The Kier molecular flexibility index (Phi) is 5.12. The van der Waals surface area contributed by atoms with Crippen molar-refractivity contribution in [2.75, 3.05) is 6.61 Å². The second kappa shape index (κ2) is 7.97. The fourth-order valence-corrected chi connectivity index (χ4v) is 5.08. The second-order valence-corrected chi connectivity index (χ2v) is 8.99. The number of hydrogen-bond acceptors (Lipinski definition) is 4. The van der Waals surface area contributed by atoms with Crippen molar-refractivity contribution in [2.45, 2.75) is 49.6 Å². The molecule has 0 unspecified atom stereocenters. The van der Waals surface area contributed by atoms with E-state index in [9.17, 15) is 19.5 Å². The van der Waals surface area contributed by atoms with Crippen LogP contribution in [0.2, 0.25) is 0 Å². The highest BCUT2D eigenvalue weighted by atomic mass is 16.5. The molecule has 166 valence electrons. The lowest BCUT2D eigenvalue weighted by Crippen LogP contribution is -2.50. The maximum Gasteiger partial charge on any atom is 0.407 e. The average Bonchev–Trinajstić information content (AvgIpc) is 3.31. The molecule has 0 radical (unpaired) electrons. The molecule has 3 N–H and O–H groups in total. The molecule has 0 bridgehead atoms. The molecule has 7 heteroatoms. The highest BCUT2D eigenvalue weighted by molar-refractivity contribution is 5.91. The van der Waals surface area contributed by atoms with Crippen LogP contribution in [0.4, 0.5) is 4.79 Å². The van der Waals surface area contributed by atoms with Gasteiger partial charge in [-0.3, -0.25) is 4.79 Å². The number of carbonyl (C=O) groups excluding carboxylic acids is 2. The van der Waals surface area contributed by atoms with Gasteiger partial charge in [0, 0.05) is 12.0 Å². The van der Waals surface area contributed by atoms with Gasteiger partial charge >= 0.3 is 12.1 Å². The number of rotatable bonds is 6. The molecule has 2 atom stereocenters. The fourth-order valence-electron chi connectivity index (χ4n) is 5.08. The van der Waals surface area contributed by atoms with Gasteiger partial charge < -0.3 is 20.5 Å². The minimum absolute atomic E-state index is 0.0267. The van der Waals surface area contributed by atoms with E-state index >= 15 is 0 Å². The molecule has 5 rings (SSSR count). The zero-order valence-electron chi connectivity index (χ0n) is 17.7. The summed E-state index contributed by atoms with van der Waals surface area (Å²) in [5.74, 6) is -1.76. The minimum atomic E-state index is -1.12. The number of alkyl carbamates (subject to hydrolysis) is 1. The summed E-state index contributed by atoms with van der Waals surface area (Å²) in [7, 11) is 0. The Morgan fingerprint density at radius 2 is 1.59 bits per heavy atom. The van der Waals surface area contributed by atoms with Gasteiger partial charge in [0.1, 0.15) is 12.1 Å². The molecule has 7 nitrogen and oxygen atoms in total. The molecule has 0 heterocycles. The Morgan fingerprint density at radius 3 is 2.19 bits per heavy atom. The minimum Gasteiger partial charge on any atom is -0.480 e. The van der Waals surface area contributed by atoms with Gasteiger partial charge in [0.05, 0.1) is 5.92 Å². The predicted octanol–water partition coefficient (Wildman–Crippen LogP) is 3.43. The van der Waals surface area contributed by atoms with Crippen molar-refractivity contribution in [1.82, 2.24) is 10.6 Å². The van der Waals surface area contributed by atoms with E-state index < -0.39 is 23.5 Å². The first-order chi connectivity index (χ1) is 15.5. The zero-order valence-corrected chi connectivity index (χ0v) is 17.7. The van der Waals surface area contributed by atoms with Gasteiger partial charge in [0.25, 0.3) is 0 Å². The maximum atomic E-state index is 12.7. The summed E-state index contributed by atoms with van der Waals surface area (Å²) in [5, 5.41) is 14.8. The summed E-state index contributed by atoms with van der Waals surface area (Å²) < 4.78 is 5.61. The number of hydrogen-bond donors (Lipinski definition) is 3. The van der Waals surface area contributed by atoms with Crippen LogP contribution in [0, 0.1) is 5.92 Å². The molecule has 0 spiro atoms. The standard InChI is InChI=1S/C25H26N2O5/c28-22(27-25(12-13-25)23(29)30)19-10-5-11-21(19)26-24(31)32-14-20-17-8-3-1-6-15(17)16-7-2-4-9-18(16)20/h1-4,6-9,19-21H,5,10-14H2,(H,26,31)(H,27,28)(H,29,30)/t19-,21+/m1/s1. The molecule has 2 aromatic carbocycles. The van der Waals surface area contributed by atoms with Crippen LogP contribution in [0.5, 0.6) is 0 Å². The third kappa shape index (κ3) is 3.61. The highest BCUT2D eigenvalue weighted by Gasteiger charge is 2.53. The van der Waals surface area contributed by atoms with Crippen LogP contribution in [-0.4, -0.2) is 41.3 Å². The number of carboxylic acid groups (broad SMARTS) is 1. The molecule has 2 saturated carbocycles. The summed E-state index contributed by atoms with van der Waals surface area (Å²) in [5.41, 5.74) is 3.49. The largest absolute Gasteiger partial charge is 0.480 e. The number of amides is 2. The Labute approximate surface area is 186 Å². The van der Waals surface area contributed by atoms with Crippen molar-refractivity contribution in [1.29, 1.82) is 0 Å². The molecule has 0 aliphatic heterocycles. The molecule has 32 heavy (non-hydrogen) atoms. The molecule has 3 aliphatic carbocycles. The van der Waals surface area contributed by atoms with Crippen LogP contribution in [0.1, 0.15) is 49.1 Å². The third-order valence-corrected chi connectivity index (χ3v) is 7.02. The van der Waals surface area contributed by atoms with Crippen molar-refractivity contribution in [3.63, 3.8) is 0 Å². The summed E-state index contributed by atoms with van der Waals surface area (Å²) in [6.45, 7) is 0.214. The van der Waals surface area contributed by atoms with E-state index in [1.165, 1.54) is 0 Å². The Hall–Kier alpha value is -3.35. The van der Waals surface area contributed by atoms with E-state index in [4.69, 9.17) is 4.74 Å². The Bertz CT molecular complexity index is 1030. The quantitative estimate of drug-likeness (QED) is 0.646. The van der Waals surface area contributed by atoms with Crippen molar-refractivity contribution >= 4 is 18.0 Å². The van der Waals surface area contributed by atoms with E-state index in [0.29, 0.717) is 25.7 Å².